The van der Waals surface area contributed by atoms with Gasteiger partial charge in [0.05, 0.1) is 13.7 Å². The van der Waals surface area contributed by atoms with Gasteiger partial charge in [-0.15, -0.1) is 12.4 Å². The maximum atomic E-state index is 5.92. The van der Waals surface area contributed by atoms with Gasteiger partial charge in [0, 0.05) is 24.2 Å². The Morgan fingerprint density at radius 1 is 0.903 bits per heavy atom. The van der Waals surface area contributed by atoms with Gasteiger partial charge in [0.25, 0.3) is 0 Å². The molecule has 0 spiro atoms. The van der Waals surface area contributed by atoms with Gasteiger partial charge in [0.1, 0.15) is 11.5 Å². The molecule has 0 radical (unpaired) electrons. The molecule has 172 valence electrons. The highest BCUT2D eigenvalue weighted by Crippen LogP contribution is 2.29. The zero-order valence-electron chi connectivity index (χ0n) is 19.5. The monoisotopic (exact) mass is 446 g/mol. The molecule has 3 rings (SSSR count). The lowest BCUT2D eigenvalue weighted by Gasteiger charge is -2.36. The predicted octanol–water partition coefficient (Wildman–Crippen LogP) is 5.93. The third-order valence-electron chi connectivity index (χ3n) is 6.39. The van der Waals surface area contributed by atoms with Crippen LogP contribution in [0.1, 0.15) is 52.0 Å². The van der Waals surface area contributed by atoms with Crippen molar-refractivity contribution in [2.24, 2.45) is 0 Å². The van der Waals surface area contributed by atoms with Gasteiger partial charge in [-0.1, -0.05) is 32.0 Å². The molecule has 31 heavy (non-hydrogen) atoms. The van der Waals surface area contributed by atoms with E-state index in [4.69, 9.17) is 9.47 Å². The molecule has 0 amide bonds. The van der Waals surface area contributed by atoms with Crippen LogP contribution in [-0.2, 0) is 6.54 Å². The number of benzene rings is 2. The molecule has 0 bridgehead atoms. The Balaban J connectivity index is 0.00000341. The summed E-state index contributed by atoms with van der Waals surface area (Å²) in [5, 5.41) is 3.81. The van der Waals surface area contributed by atoms with E-state index in [9.17, 15) is 0 Å². The molecule has 0 atom stereocenters. The topological polar surface area (TPSA) is 33.7 Å². The Bertz CT molecular complexity index is 769. The lowest BCUT2D eigenvalue weighted by atomic mass is 9.90. The molecule has 0 saturated heterocycles. The quantitative estimate of drug-likeness (QED) is 0.490. The van der Waals surface area contributed by atoms with Crippen molar-refractivity contribution in [2.75, 3.05) is 26.8 Å². The molecule has 0 aliphatic heterocycles. The highest BCUT2D eigenvalue weighted by Gasteiger charge is 2.24. The van der Waals surface area contributed by atoms with Gasteiger partial charge in [-0.2, -0.15) is 0 Å². The molecule has 1 N–H and O–H groups in total. The third-order valence-corrected chi connectivity index (χ3v) is 6.39. The Morgan fingerprint density at radius 2 is 1.55 bits per heavy atom. The zero-order chi connectivity index (χ0) is 21.3. The molecular formula is C26H39ClN2O2. The highest BCUT2D eigenvalue weighted by molar-refractivity contribution is 5.85. The first-order valence-corrected chi connectivity index (χ1v) is 11.6. The molecule has 2 aromatic carbocycles. The van der Waals surface area contributed by atoms with Crippen LogP contribution in [-0.4, -0.2) is 43.8 Å². The van der Waals surface area contributed by atoms with E-state index in [0.717, 1.165) is 37.2 Å². The van der Waals surface area contributed by atoms with E-state index in [2.05, 4.69) is 54.4 Å². The van der Waals surface area contributed by atoms with Crippen LogP contribution in [0.25, 0.3) is 11.1 Å². The average Bonchev–Trinajstić information content (AvgIpc) is 2.80. The summed E-state index contributed by atoms with van der Waals surface area (Å²) in [6, 6.07) is 16.1. The Hall–Kier alpha value is -1.75. The third kappa shape index (κ3) is 6.86. The molecule has 2 aromatic rings. The molecular weight excluding hydrogens is 408 g/mol. The second-order valence-electron chi connectivity index (χ2n) is 8.09. The normalized spacial score (nSPS) is 18.5. The van der Waals surface area contributed by atoms with Crippen molar-refractivity contribution in [3.8, 4) is 22.6 Å². The number of rotatable bonds is 10. The fourth-order valence-electron chi connectivity index (χ4n) is 4.62. The van der Waals surface area contributed by atoms with E-state index < -0.39 is 0 Å². The Kier molecular flexibility index (Phi) is 10.7. The second-order valence-corrected chi connectivity index (χ2v) is 8.09. The number of hydrogen-bond acceptors (Lipinski definition) is 4. The molecule has 0 aromatic heterocycles. The van der Waals surface area contributed by atoms with E-state index in [1.807, 2.05) is 19.1 Å². The fraction of sp³-hybridized carbons (Fsp3) is 0.538. The average molecular weight is 447 g/mol. The first-order valence-electron chi connectivity index (χ1n) is 11.6. The minimum Gasteiger partial charge on any atom is -0.497 e. The SMILES string of the molecule is CCOc1ccc(-c2ccc(OC)cc2)cc1CNC1CCC(N(CC)CC)CC1.Cl. The van der Waals surface area contributed by atoms with E-state index >= 15 is 0 Å². The van der Waals surface area contributed by atoms with Crippen LogP contribution in [0.2, 0.25) is 0 Å². The summed E-state index contributed by atoms with van der Waals surface area (Å²) < 4.78 is 11.2. The summed E-state index contributed by atoms with van der Waals surface area (Å²) in [5.74, 6) is 1.87. The van der Waals surface area contributed by atoms with Gasteiger partial charge in [0.15, 0.2) is 0 Å². The minimum atomic E-state index is 0. The van der Waals surface area contributed by atoms with Gasteiger partial charge in [-0.3, -0.25) is 0 Å². The molecule has 0 unspecified atom stereocenters. The van der Waals surface area contributed by atoms with Gasteiger partial charge in [0.2, 0.25) is 0 Å². The molecule has 1 fully saturated rings. The Labute approximate surface area is 194 Å². The summed E-state index contributed by atoms with van der Waals surface area (Å²) in [5.41, 5.74) is 3.64. The van der Waals surface area contributed by atoms with Crippen molar-refractivity contribution >= 4 is 12.4 Å². The van der Waals surface area contributed by atoms with Crippen molar-refractivity contribution in [1.29, 1.82) is 0 Å². The number of ether oxygens (including phenoxy) is 2. The van der Waals surface area contributed by atoms with Crippen LogP contribution >= 0.6 is 12.4 Å². The maximum Gasteiger partial charge on any atom is 0.123 e. The van der Waals surface area contributed by atoms with Crippen LogP contribution in [0.4, 0.5) is 0 Å². The molecule has 0 heterocycles. The van der Waals surface area contributed by atoms with Crippen molar-refractivity contribution in [3.05, 3.63) is 48.0 Å². The highest BCUT2D eigenvalue weighted by atomic mass is 35.5. The van der Waals surface area contributed by atoms with Crippen molar-refractivity contribution in [1.82, 2.24) is 10.2 Å². The lowest BCUT2D eigenvalue weighted by Crippen LogP contribution is -2.42. The lowest BCUT2D eigenvalue weighted by molar-refractivity contribution is 0.156. The largest absolute Gasteiger partial charge is 0.497 e. The van der Waals surface area contributed by atoms with E-state index in [-0.39, 0.29) is 12.4 Å². The first-order chi connectivity index (χ1) is 14.7. The van der Waals surface area contributed by atoms with Gasteiger partial charge >= 0.3 is 0 Å². The molecule has 1 saturated carbocycles. The molecule has 1 aliphatic carbocycles. The maximum absolute atomic E-state index is 5.92. The van der Waals surface area contributed by atoms with Crippen LogP contribution in [0.15, 0.2) is 42.5 Å². The zero-order valence-corrected chi connectivity index (χ0v) is 20.3. The van der Waals surface area contributed by atoms with Gasteiger partial charge in [-0.05, 0) is 81.1 Å². The molecule has 5 heteroatoms. The molecule has 4 nitrogen and oxygen atoms in total. The van der Waals surface area contributed by atoms with Crippen molar-refractivity contribution in [3.63, 3.8) is 0 Å². The number of methoxy groups -OCH3 is 1. The van der Waals surface area contributed by atoms with Crippen LogP contribution < -0.4 is 14.8 Å². The van der Waals surface area contributed by atoms with Crippen LogP contribution in [0, 0.1) is 0 Å². The van der Waals surface area contributed by atoms with E-state index in [1.165, 1.54) is 42.4 Å². The van der Waals surface area contributed by atoms with Crippen molar-refractivity contribution < 1.29 is 9.47 Å². The molecule has 1 aliphatic rings. The minimum absolute atomic E-state index is 0. The standard InChI is InChI=1S/C26H38N2O2.ClH/c1-5-28(6-2)24-13-11-23(12-14-24)27-19-22-18-21(10-17-26(22)30-7-3)20-8-15-25(29-4)16-9-20;/h8-10,15-18,23-24,27H,5-7,11-14,19H2,1-4H3;1H. The number of nitrogens with zero attached hydrogens (tertiary/aromatic N) is 1. The van der Waals surface area contributed by atoms with Crippen LogP contribution in [0.3, 0.4) is 0 Å². The Morgan fingerprint density at radius 3 is 2.13 bits per heavy atom. The predicted molar refractivity (Wildman–Crippen MR) is 133 cm³/mol. The first kappa shape index (κ1) is 25.5. The van der Waals surface area contributed by atoms with E-state index in [0.29, 0.717) is 12.6 Å². The van der Waals surface area contributed by atoms with Crippen molar-refractivity contribution in [2.45, 2.75) is 65.1 Å². The summed E-state index contributed by atoms with van der Waals surface area (Å²) >= 11 is 0. The number of halogens is 1. The van der Waals surface area contributed by atoms with Gasteiger partial charge < -0.3 is 19.7 Å². The number of nitrogens with one attached hydrogen (secondary N) is 1. The number of hydrogen-bond donors (Lipinski definition) is 1. The summed E-state index contributed by atoms with van der Waals surface area (Å²) in [6.45, 7) is 10.5. The fourth-order valence-corrected chi connectivity index (χ4v) is 4.62. The summed E-state index contributed by atoms with van der Waals surface area (Å²) in [7, 11) is 1.70. The smallest absolute Gasteiger partial charge is 0.123 e. The summed E-state index contributed by atoms with van der Waals surface area (Å²) in [6.07, 6.45) is 5.10. The van der Waals surface area contributed by atoms with Gasteiger partial charge in [-0.25, -0.2) is 0 Å². The second kappa shape index (κ2) is 12.9. The summed E-state index contributed by atoms with van der Waals surface area (Å²) in [4.78, 5) is 2.61. The van der Waals surface area contributed by atoms with Crippen LogP contribution in [0.5, 0.6) is 11.5 Å². The van der Waals surface area contributed by atoms with E-state index in [1.54, 1.807) is 7.11 Å².